The molecule has 6 heteroatoms. The Morgan fingerprint density at radius 2 is 1.95 bits per heavy atom. The number of aromatic hydroxyl groups is 1. The molecule has 0 atom stereocenters. The lowest BCUT2D eigenvalue weighted by Gasteiger charge is -2.34. The summed E-state index contributed by atoms with van der Waals surface area (Å²) in [5.74, 6) is -0.352. The monoisotopic (exact) mass is 282 g/mol. The summed E-state index contributed by atoms with van der Waals surface area (Å²) in [7, 11) is 0. The molecule has 2 heterocycles. The quantitative estimate of drug-likeness (QED) is 0.872. The molecule has 2 N–H and O–H groups in total. The minimum atomic E-state index is -0.551. The van der Waals surface area contributed by atoms with Crippen molar-refractivity contribution in [3.8, 4) is 5.88 Å². The molecule has 112 valence electrons. The zero-order valence-electron chi connectivity index (χ0n) is 12.2. The first kappa shape index (κ1) is 14.8. The molecule has 0 aromatic carbocycles. The molecular formula is C14H22N2O4. The fourth-order valence-electron chi connectivity index (χ4n) is 2.65. The van der Waals surface area contributed by atoms with Gasteiger partial charge >= 0.3 is 5.69 Å². The van der Waals surface area contributed by atoms with Crippen LogP contribution in [-0.4, -0.2) is 27.9 Å². The molecule has 0 saturated carbocycles. The Bertz CT molecular complexity index is 594. The molecule has 20 heavy (non-hydrogen) atoms. The van der Waals surface area contributed by atoms with Crippen LogP contribution in [0.2, 0.25) is 0 Å². The predicted molar refractivity (Wildman–Crippen MR) is 75.2 cm³/mol. The van der Waals surface area contributed by atoms with E-state index in [1.807, 2.05) is 13.8 Å². The van der Waals surface area contributed by atoms with Crippen LogP contribution in [0.15, 0.2) is 9.59 Å². The van der Waals surface area contributed by atoms with Gasteiger partial charge in [-0.25, -0.2) is 4.79 Å². The van der Waals surface area contributed by atoms with E-state index in [2.05, 4.69) is 11.9 Å². The topological polar surface area (TPSA) is 84.3 Å². The Kier molecular flexibility index (Phi) is 4.04. The largest absolute Gasteiger partial charge is 0.494 e. The van der Waals surface area contributed by atoms with E-state index in [0.717, 1.165) is 12.8 Å². The summed E-state index contributed by atoms with van der Waals surface area (Å²) in [6.45, 7) is 7.41. The molecule has 1 aromatic rings. The molecule has 0 bridgehead atoms. The van der Waals surface area contributed by atoms with Gasteiger partial charge in [0.05, 0.1) is 5.56 Å². The van der Waals surface area contributed by atoms with Crippen LogP contribution in [0.4, 0.5) is 0 Å². The molecule has 6 nitrogen and oxygen atoms in total. The molecule has 0 unspecified atom stereocenters. The van der Waals surface area contributed by atoms with E-state index in [9.17, 15) is 14.7 Å². The molecular weight excluding hydrogens is 260 g/mol. The summed E-state index contributed by atoms with van der Waals surface area (Å²) in [6, 6.07) is 0. The lowest BCUT2D eigenvalue weighted by molar-refractivity contribution is 0.0137. The summed E-state index contributed by atoms with van der Waals surface area (Å²) in [4.78, 5) is 26.0. The van der Waals surface area contributed by atoms with Crippen LogP contribution in [0, 0.1) is 5.41 Å². The second kappa shape index (κ2) is 5.44. The normalized spacial score (nSPS) is 18.4. The van der Waals surface area contributed by atoms with E-state index in [0.29, 0.717) is 19.8 Å². The lowest BCUT2D eigenvalue weighted by atomic mass is 9.82. The molecule has 1 aliphatic rings. The molecule has 0 radical (unpaired) electrons. The molecule has 1 aliphatic heterocycles. The highest BCUT2D eigenvalue weighted by Crippen LogP contribution is 2.32. The van der Waals surface area contributed by atoms with Crippen molar-refractivity contribution in [3.05, 3.63) is 26.4 Å². The number of aromatic amines is 1. The Balaban J connectivity index is 2.44. The average molecular weight is 282 g/mol. The van der Waals surface area contributed by atoms with Crippen LogP contribution in [-0.2, 0) is 11.3 Å². The first-order valence-corrected chi connectivity index (χ1v) is 6.98. The van der Waals surface area contributed by atoms with E-state index in [1.54, 1.807) is 0 Å². The van der Waals surface area contributed by atoms with Crippen molar-refractivity contribution >= 4 is 0 Å². The third kappa shape index (κ3) is 2.80. The van der Waals surface area contributed by atoms with E-state index < -0.39 is 11.2 Å². The van der Waals surface area contributed by atoms with Crippen molar-refractivity contribution < 1.29 is 9.84 Å². The number of nitrogens with one attached hydrogen (secondary N) is 1. The van der Waals surface area contributed by atoms with E-state index in [-0.39, 0.29) is 22.8 Å². The Hall–Kier alpha value is -1.56. The number of rotatable bonds is 3. The maximum absolute atomic E-state index is 12.0. The number of hydrogen-bond donors (Lipinski definition) is 2. The van der Waals surface area contributed by atoms with E-state index in [1.165, 1.54) is 4.57 Å². The lowest BCUT2D eigenvalue weighted by Crippen LogP contribution is -2.39. The van der Waals surface area contributed by atoms with Gasteiger partial charge in [-0.15, -0.1) is 0 Å². The number of ether oxygens (including phenoxy) is 1. The summed E-state index contributed by atoms with van der Waals surface area (Å²) in [5, 5.41) is 10.3. The Labute approximate surface area is 117 Å². The van der Waals surface area contributed by atoms with Crippen LogP contribution in [0.25, 0.3) is 0 Å². The first-order valence-electron chi connectivity index (χ1n) is 6.98. The third-order valence-electron chi connectivity index (χ3n) is 4.02. The van der Waals surface area contributed by atoms with Crippen molar-refractivity contribution in [3.63, 3.8) is 0 Å². The van der Waals surface area contributed by atoms with Gasteiger partial charge in [0, 0.05) is 19.8 Å². The fraction of sp³-hybridized carbons (Fsp3) is 0.714. The highest BCUT2D eigenvalue weighted by molar-refractivity contribution is 5.25. The van der Waals surface area contributed by atoms with Gasteiger partial charge in [-0.3, -0.25) is 14.3 Å². The second-order valence-electron chi connectivity index (χ2n) is 6.16. The van der Waals surface area contributed by atoms with Crippen molar-refractivity contribution in [2.75, 3.05) is 13.2 Å². The standard InChI is InChI=1S/C14H22N2O4/c1-9(2)10-11(17)15-13(19)16(12(10)18)8-14(3)4-6-20-7-5-14/h9,18H,4-8H2,1-3H3,(H,15,17,19). The van der Waals surface area contributed by atoms with Crippen LogP contribution < -0.4 is 11.2 Å². The summed E-state index contributed by atoms with van der Waals surface area (Å²) in [5.41, 5.74) is -0.896. The van der Waals surface area contributed by atoms with E-state index in [4.69, 9.17) is 4.74 Å². The number of hydrogen-bond acceptors (Lipinski definition) is 4. The third-order valence-corrected chi connectivity index (χ3v) is 4.02. The van der Waals surface area contributed by atoms with Crippen molar-refractivity contribution in [2.24, 2.45) is 5.41 Å². The predicted octanol–water partition coefficient (Wildman–Crippen LogP) is 1.18. The Morgan fingerprint density at radius 3 is 2.50 bits per heavy atom. The molecule has 1 fully saturated rings. The Morgan fingerprint density at radius 1 is 1.35 bits per heavy atom. The highest BCUT2D eigenvalue weighted by Gasteiger charge is 2.30. The van der Waals surface area contributed by atoms with Gasteiger partial charge in [-0.1, -0.05) is 20.8 Å². The SMILES string of the molecule is CC(C)c1c(O)n(CC2(C)CCOCC2)c(=O)[nH]c1=O. The molecule has 0 spiro atoms. The molecule has 1 saturated heterocycles. The van der Waals surface area contributed by atoms with E-state index >= 15 is 0 Å². The smallest absolute Gasteiger partial charge is 0.331 e. The number of H-pyrrole nitrogens is 1. The van der Waals surface area contributed by atoms with Crippen molar-refractivity contribution in [1.82, 2.24) is 9.55 Å². The van der Waals surface area contributed by atoms with Gasteiger partial charge in [0.15, 0.2) is 0 Å². The average Bonchev–Trinajstić information content (AvgIpc) is 2.34. The van der Waals surface area contributed by atoms with Gasteiger partial charge in [0.25, 0.3) is 5.56 Å². The number of nitrogens with zero attached hydrogens (tertiary/aromatic N) is 1. The molecule has 0 aliphatic carbocycles. The molecule has 2 rings (SSSR count). The maximum Gasteiger partial charge on any atom is 0.331 e. The molecule has 1 aromatic heterocycles. The van der Waals surface area contributed by atoms with Crippen molar-refractivity contribution in [1.29, 1.82) is 0 Å². The van der Waals surface area contributed by atoms with Crippen LogP contribution in [0.3, 0.4) is 0 Å². The maximum atomic E-state index is 12.0. The molecule has 0 amide bonds. The summed E-state index contributed by atoms with van der Waals surface area (Å²) < 4.78 is 6.62. The van der Waals surface area contributed by atoms with Gasteiger partial charge < -0.3 is 9.84 Å². The van der Waals surface area contributed by atoms with Crippen LogP contribution >= 0.6 is 0 Å². The minimum absolute atomic E-state index is 0.105. The summed E-state index contributed by atoms with van der Waals surface area (Å²) in [6.07, 6.45) is 1.66. The minimum Gasteiger partial charge on any atom is -0.494 e. The van der Waals surface area contributed by atoms with Gasteiger partial charge in [0.2, 0.25) is 5.88 Å². The fourth-order valence-corrected chi connectivity index (χ4v) is 2.65. The zero-order chi connectivity index (χ0) is 14.9. The zero-order valence-corrected chi connectivity index (χ0v) is 12.2. The van der Waals surface area contributed by atoms with Crippen molar-refractivity contribution in [2.45, 2.75) is 46.1 Å². The second-order valence-corrected chi connectivity index (χ2v) is 6.16. The number of aromatic nitrogens is 2. The van der Waals surface area contributed by atoms with Crippen LogP contribution in [0.1, 0.15) is 45.1 Å². The highest BCUT2D eigenvalue weighted by atomic mass is 16.5. The van der Waals surface area contributed by atoms with Gasteiger partial charge in [-0.2, -0.15) is 0 Å². The van der Waals surface area contributed by atoms with Gasteiger partial charge in [0.1, 0.15) is 0 Å². The van der Waals surface area contributed by atoms with Gasteiger partial charge in [-0.05, 0) is 24.2 Å². The first-order chi connectivity index (χ1) is 9.34. The summed E-state index contributed by atoms with van der Waals surface area (Å²) >= 11 is 0. The van der Waals surface area contributed by atoms with Crippen LogP contribution in [0.5, 0.6) is 5.88 Å².